The van der Waals surface area contributed by atoms with E-state index < -0.39 is 5.92 Å². The minimum atomic E-state index is -0.439. The van der Waals surface area contributed by atoms with Gasteiger partial charge in [0, 0.05) is 23.4 Å². The van der Waals surface area contributed by atoms with Crippen LogP contribution in [0.15, 0.2) is 34.7 Å². The molecular formula is C19H19ClN2O3. The molecule has 0 saturated carbocycles. The third-order valence-electron chi connectivity index (χ3n) is 4.69. The second kappa shape index (κ2) is 6.81. The summed E-state index contributed by atoms with van der Waals surface area (Å²) in [5.74, 6) is 0.547. The van der Waals surface area contributed by atoms with E-state index >= 15 is 0 Å². The van der Waals surface area contributed by atoms with Crippen molar-refractivity contribution in [3.63, 3.8) is 0 Å². The molecule has 0 spiro atoms. The molecule has 6 heteroatoms. The zero-order valence-corrected chi connectivity index (χ0v) is 15.2. The minimum Gasteiger partial charge on any atom is -0.493 e. The fraction of sp³-hybridized carbons (Fsp3) is 0.368. The van der Waals surface area contributed by atoms with Crippen LogP contribution in [0.25, 0.3) is 0 Å². The van der Waals surface area contributed by atoms with Gasteiger partial charge in [-0.05, 0) is 37.5 Å². The van der Waals surface area contributed by atoms with Gasteiger partial charge in [-0.3, -0.25) is 4.79 Å². The fourth-order valence-electron chi connectivity index (χ4n) is 3.57. The molecule has 25 heavy (non-hydrogen) atoms. The summed E-state index contributed by atoms with van der Waals surface area (Å²) in [5.41, 5.74) is 3.62. The monoisotopic (exact) mass is 358 g/mol. The summed E-state index contributed by atoms with van der Waals surface area (Å²) in [6, 6.07) is 5.79. The Bertz CT molecular complexity index is 849. The van der Waals surface area contributed by atoms with Gasteiger partial charge in [-0.25, -0.2) is 0 Å². The predicted molar refractivity (Wildman–Crippen MR) is 94.6 cm³/mol. The van der Waals surface area contributed by atoms with Gasteiger partial charge in [0.2, 0.25) is 0 Å². The van der Waals surface area contributed by atoms with Crippen molar-refractivity contribution >= 4 is 17.4 Å². The van der Waals surface area contributed by atoms with Gasteiger partial charge >= 0.3 is 0 Å². The molecule has 1 aromatic rings. The molecule has 0 fully saturated rings. The van der Waals surface area contributed by atoms with Gasteiger partial charge < -0.3 is 14.8 Å². The second-order valence-corrected chi connectivity index (χ2v) is 6.52. The van der Waals surface area contributed by atoms with E-state index in [9.17, 15) is 10.1 Å². The third kappa shape index (κ3) is 2.87. The largest absolute Gasteiger partial charge is 0.493 e. The van der Waals surface area contributed by atoms with E-state index in [-0.39, 0.29) is 5.78 Å². The molecule has 130 valence electrons. The zero-order valence-electron chi connectivity index (χ0n) is 14.4. The number of allylic oxidation sites excluding steroid dienone is 4. The molecule has 1 aromatic carbocycles. The molecule has 0 unspecified atom stereocenters. The summed E-state index contributed by atoms with van der Waals surface area (Å²) in [4.78, 5) is 12.6. The molecule has 1 aliphatic heterocycles. The van der Waals surface area contributed by atoms with Crippen LogP contribution in [0.4, 0.5) is 0 Å². The highest BCUT2D eigenvalue weighted by atomic mass is 35.5. The van der Waals surface area contributed by atoms with Crippen molar-refractivity contribution in [1.82, 2.24) is 5.32 Å². The lowest BCUT2D eigenvalue weighted by Crippen LogP contribution is -2.31. The van der Waals surface area contributed by atoms with Crippen LogP contribution in [0.2, 0.25) is 5.02 Å². The average Bonchev–Trinajstić information content (AvgIpc) is 2.60. The molecule has 1 atom stereocenters. The van der Waals surface area contributed by atoms with Crippen LogP contribution in [0.5, 0.6) is 11.5 Å². The van der Waals surface area contributed by atoms with E-state index in [0.717, 1.165) is 29.8 Å². The predicted octanol–water partition coefficient (Wildman–Crippen LogP) is 3.85. The minimum absolute atomic E-state index is 0.0740. The van der Waals surface area contributed by atoms with Crippen molar-refractivity contribution in [3.05, 3.63) is 45.3 Å². The van der Waals surface area contributed by atoms with Crippen LogP contribution in [0.1, 0.15) is 37.7 Å². The number of rotatable bonds is 3. The molecule has 2 aliphatic rings. The highest BCUT2D eigenvalue weighted by Gasteiger charge is 2.36. The highest BCUT2D eigenvalue weighted by molar-refractivity contribution is 6.32. The first-order valence-corrected chi connectivity index (χ1v) is 8.45. The van der Waals surface area contributed by atoms with Crippen LogP contribution in [-0.4, -0.2) is 20.0 Å². The summed E-state index contributed by atoms with van der Waals surface area (Å²) < 4.78 is 10.7. The summed E-state index contributed by atoms with van der Waals surface area (Å²) in [7, 11) is 3.05. The summed E-state index contributed by atoms with van der Waals surface area (Å²) >= 11 is 6.35. The molecule has 0 amide bonds. The standard InChI is InChI=1S/C19H19ClN2O3/c1-10-12(9-21)17(18-14(22-10)5-4-6-15(18)23)11-7-13(20)19(25-3)16(8-11)24-2/h7-8,17,22H,4-6H2,1-3H3/t17-/m1/s1. The molecule has 1 heterocycles. The van der Waals surface area contributed by atoms with Gasteiger partial charge in [-0.15, -0.1) is 0 Å². The number of nitrogens with one attached hydrogen (secondary N) is 1. The average molecular weight is 359 g/mol. The molecule has 5 nitrogen and oxygen atoms in total. The Balaban J connectivity index is 2.23. The maximum absolute atomic E-state index is 12.6. The smallest absolute Gasteiger partial charge is 0.179 e. The Morgan fingerprint density at radius 2 is 2.04 bits per heavy atom. The normalized spacial score (nSPS) is 20.0. The van der Waals surface area contributed by atoms with E-state index in [2.05, 4.69) is 11.4 Å². The maximum atomic E-state index is 12.6. The summed E-state index contributed by atoms with van der Waals surface area (Å²) in [5, 5.41) is 13.3. The van der Waals surface area contributed by atoms with E-state index in [4.69, 9.17) is 21.1 Å². The Hall–Kier alpha value is -2.45. The molecule has 1 aliphatic carbocycles. The van der Waals surface area contributed by atoms with Gasteiger partial charge in [0.05, 0.1) is 36.8 Å². The zero-order chi connectivity index (χ0) is 18.1. The topological polar surface area (TPSA) is 71.3 Å². The van der Waals surface area contributed by atoms with Crippen LogP contribution < -0.4 is 14.8 Å². The highest BCUT2D eigenvalue weighted by Crippen LogP contribution is 2.45. The van der Waals surface area contributed by atoms with E-state index in [1.807, 2.05) is 6.92 Å². The maximum Gasteiger partial charge on any atom is 0.179 e. The number of carbonyl (C=O) groups is 1. The number of hydrogen-bond acceptors (Lipinski definition) is 5. The number of nitriles is 1. The lowest BCUT2D eigenvalue weighted by Gasteiger charge is -2.33. The number of hydrogen-bond donors (Lipinski definition) is 1. The number of carbonyl (C=O) groups excluding carboxylic acids is 1. The van der Waals surface area contributed by atoms with Gasteiger partial charge in [0.15, 0.2) is 17.3 Å². The van der Waals surface area contributed by atoms with Crippen LogP contribution in [-0.2, 0) is 4.79 Å². The third-order valence-corrected chi connectivity index (χ3v) is 4.97. The van der Waals surface area contributed by atoms with Gasteiger partial charge in [0.1, 0.15) is 0 Å². The Morgan fingerprint density at radius 3 is 2.68 bits per heavy atom. The number of dihydropyridines is 1. The second-order valence-electron chi connectivity index (χ2n) is 6.12. The first-order chi connectivity index (χ1) is 12.0. The Morgan fingerprint density at radius 1 is 1.28 bits per heavy atom. The Kier molecular flexibility index (Phi) is 4.73. The number of benzene rings is 1. The summed E-state index contributed by atoms with van der Waals surface area (Å²) in [6.45, 7) is 1.86. The molecule has 1 N–H and O–H groups in total. The van der Waals surface area contributed by atoms with Crippen molar-refractivity contribution in [2.24, 2.45) is 0 Å². The Labute approximate surface area is 151 Å². The van der Waals surface area contributed by atoms with Crippen molar-refractivity contribution in [3.8, 4) is 17.6 Å². The van der Waals surface area contributed by atoms with E-state index in [1.165, 1.54) is 14.2 Å². The summed E-state index contributed by atoms with van der Waals surface area (Å²) in [6.07, 6.45) is 2.11. The molecule has 3 rings (SSSR count). The van der Waals surface area contributed by atoms with Crippen molar-refractivity contribution in [2.45, 2.75) is 32.1 Å². The van der Waals surface area contributed by atoms with Gasteiger partial charge in [0.25, 0.3) is 0 Å². The lowest BCUT2D eigenvalue weighted by atomic mass is 9.75. The number of Topliss-reactive ketones (excluding diaryl/α,β-unsaturated/α-hetero) is 1. The SMILES string of the molecule is COc1cc([C@@H]2C(C#N)=C(C)NC3=C2C(=O)CCC3)cc(Cl)c1OC. The van der Waals surface area contributed by atoms with E-state index in [1.54, 1.807) is 12.1 Å². The van der Waals surface area contributed by atoms with Crippen LogP contribution in [0, 0.1) is 11.3 Å². The first-order valence-electron chi connectivity index (χ1n) is 8.07. The van der Waals surface area contributed by atoms with Crippen LogP contribution >= 0.6 is 11.6 Å². The first kappa shape index (κ1) is 17.4. The van der Waals surface area contributed by atoms with Crippen molar-refractivity contribution in [2.75, 3.05) is 14.2 Å². The number of ketones is 1. The molecule has 0 bridgehead atoms. The van der Waals surface area contributed by atoms with Crippen molar-refractivity contribution < 1.29 is 14.3 Å². The lowest BCUT2D eigenvalue weighted by molar-refractivity contribution is -0.116. The number of ether oxygens (including phenoxy) is 2. The van der Waals surface area contributed by atoms with Gasteiger partial charge in [-0.1, -0.05) is 11.6 Å². The number of halogens is 1. The molecular weight excluding hydrogens is 340 g/mol. The van der Waals surface area contributed by atoms with E-state index in [0.29, 0.717) is 34.1 Å². The molecule has 0 radical (unpaired) electrons. The van der Waals surface area contributed by atoms with Crippen molar-refractivity contribution in [1.29, 1.82) is 5.26 Å². The fourth-order valence-corrected chi connectivity index (χ4v) is 3.87. The van der Waals surface area contributed by atoms with Crippen LogP contribution in [0.3, 0.4) is 0 Å². The van der Waals surface area contributed by atoms with Gasteiger partial charge in [-0.2, -0.15) is 5.26 Å². The number of nitrogens with zero attached hydrogens (tertiary/aromatic N) is 1. The molecule has 0 aromatic heterocycles. The quantitative estimate of drug-likeness (QED) is 0.888. The molecule has 0 saturated heterocycles. The number of methoxy groups -OCH3 is 2.